The molecule has 3 N–H and O–H groups in total. The van der Waals surface area contributed by atoms with Gasteiger partial charge in [0.15, 0.2) is 14.6 Å². The maximum atomic E-state index is 13.2. The Bertz CT molecular complexity index is 975. The van der Waals surface area contributed by atoms with E-state index in [9.17, 15) is 13.2 Å². The summed E-state index contributed by atoms with van der Waals surface area (Å²) in [6.07, 6.45) is 0.147. The second-order valence-electron chi connectivity index (χ2n) is 6.67. The number of piperidine rings is 1. The van der Waals surface area contributed by atoms with Gasteiger partial charge < -0.3 is 10.1 Å². The lowest BCUT2D eigenvalue weighted by atomic mass is 9.96. The fraction of sp³-hybridized carbons (Fsp3) is 0.316. The van der Waals surface area contributed by atoms with E-state index in [-0.39, 0.29) is 30.1 Å². The number of ether oxygens (including phenoxy) is 1. The summed E-state index contributed by atoms with van der Waals surface area (Å²) in [6.45, 7) is 2.59. The Balaban J connectivity index is 0.00000300. The molecule has 29 heavy (non-hydrogen) atoms. The molecule has 0 atom stereocenters. The van der Waals surface area contributed by atoms with Crippen LogP contribution in [0, 0.1) is 6.92 Å². The number of halogens is 2. The van der Waals surface area contributed by atoms with Crippen molar-refractivity contribution in [3.8, 4) is 11.5 Å². The highest BCUT2D eigenvalue weighted by Crippen LogP contribution is 2.35. The normalized spacial score (nSPS) is 15.8. The lowest BCUT2D eigenvalue weighted by Crippen LogP contribution is -2.57. The Morgan fingerprint density at radius 2 is 1.72 bits per heavy atom. The van der Waals surface area contributed by atoms with Crippen LogP contribution in [-0.2, 0) is 14.6 Å². The van der Waals surface area contributed by atoms with Gasteiger partial charge in [0.25, 0.3) is 5.91 Å². The van der Waals surface area contributed by atoms with Crippen molar-refractivity contribution in [3.63, 3.8) is 0 Å². The molecule has 7 nitrogen and oxygen atoms in total. The fourth-order valence-corrected chi connectivity index (χ4v) is 5.37. The molecular formula is C19H22Cl2N2O5S. The van der Waals surface area contributed by atoms with Gasteiger partial charge in [-0.15, -0.1) is 12.4 Å². The van der Waals surface area contributed by atoms with Crippen molar-refractivity contribution in [1.82, 2.24) is 10.8 Å². The molecule has 0 aliphatic carbocycles. The molecule has 10 heteroatoms. The molecule has 1 saturated heterocycles. The highest BCUT2D eigenvalue weighted by molar-refractivity contribution is 7.93. The van der Waals surface area contributed by atoms with Crippen molar-refractivity contribution in [2.24, 2.45) is 0 Å². The van der Waals surface area contributed by atoms with Crippen molar-refractivity contribution in [3.05, 3.63) is 53.1 Å². The second-order valence-corrected chi connectivity index (χ2v) is 9.34. The van der Waals surface area contributed by atoms with Gasteiger partial charge in [-0.1, -0.05) is 11.6 Å². The minimum atomic E-state index is -4.02. The number of sulfone groups is 1. The van der Waals surface area contributed by atoms with Crippen molar-refractivity contribution in [2.45, 2.75) is 29.4 Å². The van der Waals surface area contributed by atoms with Gasteiger partial charge in [0, 0.05) is 5.02 Å². The summed E-state index contributed by atoms with van der Waals surface area (Å²) in [5, 5.41) is 12.8. The first-order valence-corrected chi connectivity index (χ1v) is 10.6. The van der Waals surface area contributed by atoms with Crippen LogP contribution in [0.3, 0.4) is 0 Å². The number of benzene rings is 2. The Hall–Kier alpha value is -1.84. The van der Waals surface area contributed by atoms with Crippen LogP contribution < -0.4 is 15.5 Å². The van der Waals surface area contributed by atoms with Crippen molar-refractivity contribution < 1.29 is 23.2 Å². The Morgan fingerprint density at radius 3 is 2.28 bits per heavy atom. The third-order valence-electron chi connectivity index (χ3n) is 4.94. The highest BCUT2D eigenvalue weighted by atomic mass is 35.5. The van der Waals surface area contributed by atoms with Crippen LogP contribution in [0.25, 0.3) is 0 Å². The lowest BCUT2D eigenvalue weighted by Gasteiger charge is -2.34. The van der Waals surface area contributed by atoms with Crippen LogP contribution in [0.2, 0.25) is 5.02 Å². The first-order chi connectivity index (χ1) is 13.3. The molecule has 0 spiro atoms. The minimum absolute atomic E-state index is 0. The maximum Gasteiger partial charge on any atom is 0.265 e. The number of aryl methyl sites for hydroxylation is 1. The Kier molecular flexibility index (Phi) is 7.53. The topological polar surface area (TPSA) is 105 Å². The molecule has 0 bridgehead atoms. The molecule has 0 radical (unpaired) electrons. The molecular weight excluding hydrogens is 439 g/mol. The third kappa shape index (κ3) is 4.51. The smallest absolute Gasteiger partial charge is 0.265 e. The number of carbonyl (C=O) groups is 1. The number of hydrogen-bond acceptors (Lipinski definition) is 6. The van der Waals surface area contributed by atoms with Gasteiger partial charge >= 0.3 is 0 Å². The SMILES string of the molecule is Cc1cc(Oc2ccc(S(=O)(=O)C3(C(=O)NO)CCNCC3)cc2)ccc1Cl.Cl. The van der Waals surface area contributed by atoms with Crippen molar-refractivity contribution in [1.29, 1.82) is 0 Å². The molecule has 2 aromatic rings. The minimum Gasteiger partial charge on any atom is -0.457 e. The molecule has 1 aliphatic heterocycles. The van der Waals surface area contributed by atoms with Crippen LogP contribution in [0.4, 0.5) is 0 Å². The first kappa shape index (κ1) is 23.4. The maximum absolute atomic E-state index is 13.2. The summed E-state index contributed by atoms with van der Waals surface area (Å²) < 4.78 is 30.4. The molecule has 1 aliphatic rings. The fourth-order valence-electron chi connectivity index (χ4n) is 3.28. The van der Waals surface area contributed by atoms with Crippen LogP contribution in [0.1, 0.15) is 18.4 Å². The van der Waals surface area contributed by atoms with Crippen LogP contribution in [-0.4, -0.2) is 37.4 Å². The lowest BCUT2D eigenvalue weighted by molar-refractivity contribution is -0.132. The summed E-state index contributed by atoms with van der Waals surface area (Å²) in [4.78, 5) is 12.3. The standard InChI is InChI=1S/C19H21ClN2O5S.ClH/c1-13-12-15(4-7-17(13)20)27-14-2-5-16(6-3-14)28(25,26)19(18(23)22-24)8-10-21-11-9-19;/h2-7,12,21,24H,8-11H2,1H3,(H,22,23);1H. The van der Waals surface area contributed by atoms with E-state index in [1.165, 1.54) is 29.7 Å². The molecule has 158 valence electrons. The molecule has 0 saturated carbocycles. The van der Waals surface area contributed by atoms with E-state index >= 15 is 0 Å². The Morgan fingerprint density at radius 1 is 1.14 bits per heavy atom. The van der Waals surface area contributed by atoms with Gasteiger partial charge in [0.2, 0.25) is 0 Å². The summed E-state index contributed by atoms with van der Waals surface area (Å²) in [7, 11) is -4.02. The van der Waals surface area contributed by atoms with E-state index in [1.807, 2.05) is 6.92 Å². The largest absolute Gasteiger partial charge is 0.457 e. The monoisotopic (exact) mass is 460 g/mol. The predicted octanol–water partition coefficient (Wildman–Crippen LogP) is 3.26. The number of hydroxylamine groups is 1. The van der Waals surface area contributed by atoms with Crippen LogP contribution in [0.15, 0.2) is 47.4 Å². The molecule has 2 aromatic carbocycles. The number of rotatable bonds is 5. The average Bonchev–Trinajstić information content (AvgIpc) is 2.71. The number of hydrogen-bond donors (Lipinski definition) is 3. The predicted molar refractivity (Wildman–Crippen MR) is 112 cm³/mol. The van der Waals surface area contributed by atoms with Crippen LogP contribution >= 0.6 is 24.0 Å². The molecule has 1 amide bonds. The zero-order chi connectivity index (χ0) is 20.4. The van der Waals surface area contributed by atoms with Gasteiger partial charge in [-0.05, 0) is 80.9 Å². The van der Waals surface area contributed by atoms with Crippen molar-refractivity contribution >= 4 is 39.8 Å². The Labute approximate surface area is 180 Å². The highest BCUT2D eigenvalue weighted by Gasteiger charge is 2.51. The summed E-state index contributed by atoms with van der Waals surface area (Å²) >= 11 is 6.00. The first-order valence-electron chi connectivity index (χ1n) is 8.74. The van der Waals surface area contributed by atoms with E-state index in [0.29, 0.717) is 29.6 Å². The number of carbonyl (C=O) groups excluding carboxylic acids is 1. The van der Waals surface area contributed by atoms with Gasteiger partial charge in [0.1, 0.15) is 11.5 Å². The zero-order valence-electron chi connectivity index (χ0n) is 15.6. The van der Waals surface area contributed by atoms with E-state index in [2.05, 4.69) is 5.32 Å². The summed E-state index contributed by atoms with van der Waals surface area (Å²) in [5.41, 5.74) is 2.39. The van der Waals surface area contributed by atoms with Crippen molar-refractivity contribution in [2.75, 3.05) is 13.1 Å². The van der Waals surface area contributed by atoms with Gasteiger partial charge in [-0.2, -0.15) is 0 Å². The average molecular weight is 461 g/mol. The molecule has 0 aromatic heterocycles. The number of nitrogens with one attached hydrogen (secondary N) is 2. The molecule has 1 heterocycles. The number of amides is 1. The summed E-state index contributed by atoms with van der Waals surface area (Å²) in [6, 6.07) is 11.1. The van der Waals surface area contributed by atoms with Gasteiger partial charge in [0.05, 0.1) is 4.90 Å². The van der Waals surface area contributed by atoms with E-state index in [1.54, 1.807) is 18.2 Å². The zero-order valence-corrected chi connectivity index (χ0v) is 18.0. The van der Waals surface area contributed by atoms with Gasteiger partial charge in [-0.25, -0.2) is 13.9 Å². The molecule has 0 unspecified atom stereocenters. The quantitative estimate of drug-likeness (QED) is 0.467. The van der Waals surface area contributed by atoms with E-state index in [0.717, 1.165) is 5.56 Å². The molecule has 3 rings (SSSR count). The van der Waals surface area contributed by atoms with Gasteiger partial charge in [-0.3, -0.25) is 10.0 Å². The second kappa shape index (κ2) is 9.32. The third-order valence-corrected chi connectivity index (χ3v) is 7.88. The van der Waals surface area contributed by atoms with E-state index in [4.69, 9.17) is 21.5 Å². The summed E-state index contributed by atoms with van der Waals surface area (Å²) in [5.74, 6) is 0.115. The van der Waals surface area contributed by atoms with E-state index < -0.39 is 20.5 Å². The van der Waals surface area contributed by atoms with Crippen LogP contribution in [0.5, 0.6) is 11.5 Å². The molecule has 1 fully saturated rings.